The minimum atomic E-state index is -0.127. The Morgan fingerprint density at radius 3 is 1.95 bits per heavy atom. The van der Waals surface area contributed by atoms with Gasteiger partial charge in [-0.05, 0) is 91.2 Å². The lowest BCUT2D eigenvalue weighted by atomic mass is 9.87. The average molecular weight is 763 g/mol. The summed E-state index contributed by atoms with van der Waals surface area (Å²) in [6, 6.07) is 12.8. The van der Waals surface area contributed by atoms with Crippen molar-refractivity contribution in [1.29, 1.82) is 0 Å². The lowest BCUT2D eigenvalue weighted by Gasteiger charge is -2.38. The van der Waals surface area contributed by atoms with Crippen LogP contribution in [0.15, 0.2) is 36.4 Å². The molecule has 0 saturated heterocycles. The Labute approximate surface area is 328 Å². The van der Waals surface area contributed by atoms with Crippen molar-refractivity contribution in [3.8, 4) is 40.2 Å². The summed E-state index contributed by atoms with van der Waals surface area (Å²) in [7, 11) is 11.7. The summed E-state index contributed by atoms with van der Waals surface area (Å²) in [5.41, 5.74) is 6.12. The van der Waals surface area contributed by atoms with Gasteiger partial charge in [-0.2, -0.15) is 0 Å². The SMILES string of the molecule is COc1ccc(C[C@@H]2c3cc(OC)c(OC)cc3CCN2CCCCCCCCCOC(=O)CCN2CCc3c(cc(OC)c(OC)c3OC)C2)cc1OC. The maximum Gasteiger partial charge on any atom is 0.307 e. The molecule has 0 spiro atoms. The summed E-state index contributed by atoms with van der Waals surface area (Å²) in [5, 5.41) is 0. The zero-order valence-corrected chi connectivity index (χ0v) is 34.1. The van der Waals surface area contributed by atoms with Crippen LogP contribution in [-0.2, 0) is 35.3 Å². The summed E-state index contributed by atoms with van der Waals surface area (Å²) in [5.74, 6) is 4.93. The van der Waals surface area contributed by atoms with Gasteiger partial charge in [0.15, 0.2) is 34.5 Å². The van der Waals surface area contributed by atoms with Crippen molar-refractivity contribution in [3.63, 3.8) is 0 Å². The molecule has 2 aliphatic rings. The highest BCUT2D eigenvalue weighted by Crippen LogP contribution is 2.44. The minimum Gasteiger partial charge on any atom is -0.493 e. The van der Waals surface area contributed by atoms with E-state index in [1.165, 1.54) is 36.0 Å². The van der Waals surface area contributed by atoms with Gasteiger partial charge in [0.1, 0.15) is 0 Å². The van der Waals surface area contributed by atoms with E-state index >= 15 is 0 Å². The molecule has 2 heterocycles. The number of methoxy groups -OCH3 is 7. The Bertz CT molecular complexity index is 1700. The standard InChI is InChI=1S/C44H62N2O9/c1-48-37-16-15-31(26-38(37)49-2)25-36-35-29-40(51-4)39(50-3)27-32(35)17-23-46(36)20-13-11-9-8-10-12-14-24-55-42(47)19-22-45-21-18-34-33(30-45)28-41(52-5)44(54-7)43(34)53-6/h15-16,26-29,36H,8-14,17-25,30H2,1-7H3/t36-/m1/s1. The predicted molar refractivity (Wildman–Crippen MR) is 214 cm³/mol. The third-order valence-electron chi connectivity index (χ3n) is 11.1. The molecule has 55 heavy (non-hydrogen) atoms. The molecule has 0 bridgehead atoms. The van der Waals surface area contributed by atoms with Crippen molar-refractivity contribution < 1.29 is 42.7 Å². The van der Waals surface area contributed by atoms with E-state index in [4.69, 9.17) is 37.9 Å². The van der Waals surface area contributed by atoms with Crippen molar-refractivity contribution in [2.45, 2.75) is 83.2 Å². The number of nitrogens with zero attached hydrogens (tertiary/aromatic N) is 2. The van der Waals surface area contributed by atoms with Crippen LogP contribution in [0.5, 0.6) is 40.2 Å². The fourth-order valence-electron chi connectivity index (χ4n) is 8.09. The van der Waals surface area contributed by atoms with E-state index in [1.807, 2.05) is 12.1 Å². The van der Waals surface area contributed by atoms with E-state index in [9.17, 15) is 4.79 Å². The number of ether oxygens (including phenoxy) is 8. The number of benzene rings is 3. The van der Waals surface area contributed by atoms with Crippen molar-refractivity contribution >= 4 is 5.97 Å². The third-order valence-corrected chi connectivity index (χ3v) is 11.1. The third kappa shape index (κ3) is 10.7. The average Bonchev–Trinajstić information content (AvgIpc) is 3.22. The number of unbranched alkanes of at least 4 members (excludes halogenated alkanes) is 6. The number of fused-ring (bicyclic) bond motifs is 2. The van der Waals surface area contributed by atoms with E-state index in [0.29, 0.717) is 31.1 Å². The Morgan fingerprint density at radius 1 is 0.618 bits per heavy atom. The second kappa shape index (κ2) is 21.1. The summed E-state index contributed by atoms with van der Waals surface area (Å²) >= 11 is 0. The number of hydrogen-bond acceptors (Lipinski definition) is 11. The molecule has 0 unspecified atom stereocenters. The molecule has 3 aromatic rings. The molecular formula is C44H62N2O9. The van der Waals surface area contributed by atoms with Gasteiger partial charge in [0.25, 0.3) is 0 Å². The van der Waals surface area contributed by atoms with E-state index in [0.717, 1.165) is 111 Å². The van der Waals surface area contributed by atoms with E-state index in [1.54, 1.807) is 49.8 Å². The molecule has 0 aliphatic carbocycles. The fourth-order valence-corrected chi connectivity index (χ4v) is 8.09. The van der Waals surface area contributed by atoms with Crippen LogP contribution in [0, 0.1) is 0 Å². The number of carbonyl (C=O) groups is 1. The highest BCUT2D eigenvalue weighted by molar-refractivity contribution is 5.69. The Morgan fingerprint density at radius 2 is 1.25 bits per heavy atom. The summed E-state index contributed by atoms with van der Waals surface area (Å²) in [6.07, 6.45) is 10.9. The Kier molecular flexibility index (Phi) is 16.0. The molecule has 3 aromatic carbocycles. The van der Waals surface area contributed by atoms with Crippen molar-refractivity contribution in [1.82, 2.24) is 9.80 Å². The second-order valence-electron chi connectivity index (χ2n) is 14.4. The molecule has 1 atom stereocenters. The molecule has 302 valence electrons. The highest BCUT2D eigenvalue weighted by Gasteiger charge is 2.30. The van der Waals surface area contributed by atoms with Gasteiger partial charge in [-0.25, -0.2) is 0 Å². The second-order valence-corrected chi connectivity index (χ2v) is 14.4. The van der Waals surface area contributed by atoms with E-state index in [2.05, 4.69) is 34.1 Å². The monoisotopic (exact) mass is 762 g/mol. The number of hydrogen-bond donors (Lipinski definition) is 0. The number of esters is 1. The smallest absolute Gasteiger partial charge is 0.307 e. The van der Waals surface area contributed by atoms with Gasteiger partial charge in [-0.1, -0.05) is 38.2 Å². The normalized spacial score (nSPS) is 15.4. The van der Waals surface area contributed by atoms with Gasteiger partial charge in [0.2, 0.25) is 5.75 Å². The summed E-state index contributed by atoms with van der Waals surface area (Å²) in [4.78, 5) is 17.4. The van der Waals surface area contributed by atoms with Crippen LogP contribution in [-0.4, -0.2) is 98.3 Å². The minimum absolute atomic E-state index is 0.127. The molecule has 0 fully saturated rings. The van der Waals surface area contributed by atoms with Crippen LogP contribution in [0.3, 0.4) is 0 Å². The fraction of sp³-hybridized carbons (Fsp3) is 0.568. The largest absolute Gasteiger partial charge is 0.493 e. The zero-order valence-electron chi connectivity index (χ0n) is 34.1. The maximum atomic E-state index is 12.5. The van der Waals surface area contributed by atoms with Crippen LogP contribution in [0.4, 0.5) is 0 Å². The van der Waals surface area contributed by atoms with Crippen LogP contribution in [0.25, 0.3) is 0 Å². The van der Waals surface area contributed by atoms with Crippen molar-refractivity contribution in [2.75, 3.05) is 82.6 Å². The molecule has 2 aliphatic heterocycles. The number of rotatable bonds is 22. The quantitative estimate of drug-likeness (QED) is 0.0748. The van der Waals surface area contributed by atoms with Crippen LogP contribution in [0.2, 0.25) is 0 Å². The van der Waals surface area contributed by atoms with Crippen molar-refractivity contribution in [2.24, 2.45) is 0 Å². The number of carbonyl (C=O) groups excluding carboxylic acids is 1. The van der Waals surface area contributed by atoms with Crippen molar-refractivity contribution in [3.05, 3.63) is 64.2 Å². The molecule has 5 rings (SSSR count). The first-order chi connectivity index (χ1) is 26.9. The molecule has 0 saturated carbocycles. The summed E-state index contributed by atoms with van der Waals surface area (Å²) in [6.45, 7) is 4.79. The molecule has 11 heteroatoms. The lowest BCUT2D eigenvalue weighted by molar-refractivity contribution is -0.144. The molecule has 0 aromatic heterocycles. The lowest BCUT2D eigenvalue weighted by Crippen LogP contribution is -2.37. The molecule has 0 N–H and O–H groups in total. The summed E-state index contributed by atoms with van der Waals surface area (Å²) < 4.78 is 44.8. The molecule has 11 nitrogen and oxygen atoms in total. The Balaban J connectivity index is 1.00. The van der Waals surface area contributed by atoms with Gasteiger partial charge in [-0.3, -0.25) is 14.6 Å². The predicted octanol–water partition coefficient (Wildman–Crippen LogP) is 7.61. The van der Waals surface area contributed by atoms with Gasteiger partial charge >= 0.3 is 5.97 Å². The van der Waals surface area contributed by atoms with Gasteiger partial charge in [-0.15, -0.1) is 0 Å². The molecule has 0 amide bonds. The van der Waals surface area contributed by atoms with Crippen LogP contribution in [0.1, 0.15) is 85.2 Å². The molecule has 0 radical (unpaired) electrons. The first kappa shape index (κ1) is 41.8. The first-order valence-electron chi connectivity index (χ1n) is 19.8. The maximum absolute atomic E-state index is 12.5. The zero-order chi connectivity index (χ0) is 39.2. The highest BCUT2D eigenvalue weighted by atomic mass is 16.5. The van der Waals surface area contributed by atoms with Gasteiger partial charge in [0, 0.05) is 37.8 Å². The van der Waals surface area contributed by atoms with Gasteiger partial charge in [0.05, 0.1) is 62.8 Å². The molecular weight excluding hydrogens is 700 g/mol. The van der Waals surface area contributed by atoms with Crippen LogP contribution < -0.4 is 33.2 Å². The Hall–Kier alpha value is -4.35. The topological polar surface area (TPSA) is 97.4 Å². The van der Waals surface area contributed by atoms with Gasteiger partial charge < -0.3 is 37.9 Å². The van der Waals surface area contributed by atoms with E-state index < -0.39 is 0 Å². The van der Waals surface area contributed by atoms with E-state index in [-0.39, 0.29) is 12.0 Å². The van der Waals surface area contributed by atoms with Crippen LogP contribution >= 0.6 is 0 Å². The first-order valence-corrected chi connectivity index (χ1v) is 19.8.